The van der Waals surface area contributed by atoms with E-state index in [1.807, 2.05) is 71.9 Å². The highest BCUT2D eigenvalue weighted by Crippen LogP contribution is 2.30. The molecule has 0 saturated heterocycles. The molecule has 0 radical (unpaired) electrons. The third-order valence-electron chi connectivity index (χ3n) is 11.2. The first-order valence-electron chi connectivity index (χ1n) is 30.2. The summed E-state index contributed by atoms with van der Waals surface area (Å²) >= 11 is 0. The van der Waals surface area contributed by atoms with E-state index >= 15 is 0 Å². The van der Waals surface area contributed by atoms with Crippen LogP contribution in [0.5, 0.6) is 0 Å². The normalized spacial score (nSPS) is 14.7. The fourth-order valence-corrected chi connectivity index (χ4v) is 7.20. The van der Waals surface area contributed by atoms with Crippen LogP contribution in [0.25, 0.3) is 0 Å². The summed E-state index contributed by atoms with van der Waals surface area (Å²) in [6.07, 6.45) is 0.341. The first-order chi connectivity index (χ1) is 41.8. The van der Waals surface area contributed by atoms with Crippen molar-refractivity contribution in [1.29, 1.82) is 0 Å². The largest absolute Gasteiger partial charge is 0.488 e. The van der Waals surface area contributed by atoms with Crippen LogP contribution in [0.15, 0.2) is 53.5 Å². The number of carbonyl (C=O) groups is 1. The van der Waals surface area contributed by atoms with E-state index < -0.39 is 35.9 Å². The molecule has 0 bridgehead atoms. The Bertz CT molecular complexity index is 1750. The van der Waals surface area contributed by atoms with E-state index in [9.17, 15) is 15.0 Å². The standard InChI is InChI=1S/C61H108O25/c1-60(2,3)85-56(62)13-15-66-17-19-68-21-23-70-25-27-72-29-31-74-33-35-76-37-39-78-41-43-80-45-47-82-54-49-53(59(64)65-7)50-55(58(54)84-51-52-11-9-8-10-12-52)83-48-46-81-44-42-79-40-38-77-36-34-75-32-30-73-28-26-71-24-22-69-20-18-67-16-14-57(63)86-61(4,5)6/h8-12,49,55-57,62-63H,13-48,50-51H2,1-7H3. The van der Waals surface area contributed by atoms with Gasteiger partial charge in [0.15, 0.2) is 24.1 Å². The van der Waals surface area contributed by atoms with Gasteiger partial charge in [-0.3, -0.25) is 0 Å². The topological polar surface area (TPSA) is 261 Å². The first-order valence-corrected chi connectivity index (χ1v) is 30.2. The second-order valence-corrected chi connectivity index (χ2v) is 20.8. The molecular formula is C61H108O25. The van der Waals surface area contributed by atoms with Gasteiger partial charge in [0.2, 0.25) is 0 Å². The molecule has 2 rings (SSSR count). The molecule has 0 amide bonds. The van der Waals surface area contributed by atoms with Crippen molar-refractivity contribution in [3.63, 3.8) is 0 Å². The molecule has 1 aliphatic carbocycles. The minimum Gasteiger partial charge on any atom is -0.488 e. The molecule has 0 aromatic heterocycles. The Morgan fingerprint density at radius 2 is 0.709 bits per heavy atom. The van der Waals surface area contributed by atoms with Crippen molar-refractivity contribution in [2.75, 3.05) is 232 Å². The van der Waals surface area contributed by atoms with Gasteiger partial charge in [0.05, 0.1) is 236 Å². The Morgan fingerprint density at radius 3 is 1.01 bits per heavy atom. The SMILES string of the molecule is COC(=O)C1=CC(OCCOCCOCCOCCOCCOCCOCCOCCOCCC(O)OC(C)(C)C)=C(OCc2ccccc2)C(OCCOCCOCCOCCOCCOCCOCCOCCOCCC(O)OC(C)(C)C)C1. The van der Waals surface area contributed by atoms with E-state index in [2.05, 4.69) is 0 Å². The molecular weight excluding hydrogens is 1130 g/mol. The van der Waals surface area contributed by atoms with E-state index in [1.54, 1.807) is 6.08 Å². The van der Waals surface area contributed by atoms with Crippen molar-refractivity contribution < 1.29 is 119 Å². The molecule has 0 saturated carbocycles. The van der Waals surface area contributed by atoms with Crippen molar-refractivity contribution >= 4 is 5.97 Å². The molecule has 3 unspecified atom stereocenters. The zero-order valence-electron chi connectivity index (χ0n) is 52.9. The summed E-state index contributed by atoms with van der Waals surface area (Å²) in [6.45, 7) is 25.5. The van der Waals surface area contributed by atoms with Crippen LogP contribution in [-0.2, 0) is 116 Å². The van der Waals surface area contributed by atoms with E-state index in [0.29, 0.717) is 228 Å². The highest BCUT2D eigenvalue weighted by Gasteiger charge is 2.31. The average Bonchev–Trinajstić information content (AvgIpc) is 1.89. The van der Waals surface area contributed by atoms with Crippen LogP contribution in [-0.4, -0.2) is 278 Å². The second kappa shape index (κ2) is 54.8. The number of rotatable bonds is 62. The van der Waals surface area contributed by atoms with Crippen molar-refractivity contribution in [1.82, 2.24) is 0 Å². The van der Waals surface area contributed by atoms with Gasteiger partial charge in [0.25, 0.3) is 0 Å². The molecule has 25 nitrogen and oxygen atoms in total. The Balaban J connectivity index is 1.47. The molecule has 0 fully saturated rings. The van der Waals surface area contributed by atoms with Gasteiger partial charge < -0.3 is 114 Å². The third-order valence-corrected chi connectivity index (χ3v) is 11.2. The van der Waals surface area contributed by atoms with Crippen LogP contribution in [0.2, 0.25) is 0 Å². The maximum absolute atomic E-state index is 12.8. The van der Waals surface area contributed by atoms with Gasteiger partial charge in [-0.2, -0.15) is 0 Å². The van der Waals surface area contributed by atoms with Gasteiger partial charge in [-0.25, -0.2) is 4.79 Å². The van der Waals surface area contributed by atoms with Crippen LogP contribution in [0.4, 0.5) is 0 Å². The van der Waals surface area contributed by atoms with Crippen LogP contribution in [0.3, 0.4) is 0 Å². The molecule has 2 N–H and O–H groups in total. The number of carbonyl (C=O) groups excluding carboxylic acids is 1. The smallest absolute Gasteiger partial charge is 0.333 e. The number of aliphatic hydroxyl groups excluding tert-OH is 2. The van der Waals surface area contributed by atoms with Crippen LogP contribution in [0.1, 0.15) is 66.4 Å². The molecule has 0 heterocycles. The fraction of sp³-hybridized carbons (Fsp3) is 0.820. The summed E-state index contributed by atoms with van der Waals surface area (Å²) in [4.78, 5) is 12.8. The van der Waals surface area contributed by atoms with E-state index in [-0.39, 0.29) is 39.5 Å². The number of methoxy groups -OCH3 is 1. The number of hydrogen-bond donors (Lipinski definition) is 2. The first kappa shape index (κ1) is 79.0. The molecule has 1 aromatic carbocycles. The predicted molar refractivity (Wildman–Crippen MR) is 315 cm³/mol. The fourth-order valence-electron chi connectivity index (χ4n) is 7.20. The third kappa shape index (κ3) is 49.8. The highest BCUT2D eigenvalue weighted by atomic mass is 16.6. The van der Waals surface area contributed by atoms with Crippen LogP contribution >= 0.6 is 0 Å². The summed E-state index contributed by atoms with van der Waals surface area (Å²) in [7, 11) is 1.33. The van der Waals surface area contributed by atoms with Crippen LogP contribution in [0, 0.1) is 0 Å². The summed E-state index contributed by atoms with van der Waals surface area (Å²) in [5.41, 5.74) is 0.546. The van der Waals surface area contributed by atoms with Gasteiger partial charge in [0, 0.05) is 24.8 Å². The lowest BCUT2D eigenvalue weighted by Gasteiger charge is -2.28. The molecule has 0 aliphatic heterocycles. The minimum absolute atomic E-state index is 0.180. The summed E-state index contributed by atoms with van der Waals surface area (Å²) in [5, 5.41) is 19.6. The second-order valence-electron chi connectivity index (χ2n) is 20.8. The Labute approximate surface area is 511 Å². The molecule has 502 valence electrons. The summed E-state index contributed by atoms with van der Waals surface area (Å²) in [5.74, 6) is 0.322. The molecule has 3 atom stereocenters. The number of ether oxygens (including phenoxy) is 22. The summed E-state index contributed by atoms with van der Waals surface area (Å²) < 4.78 is 124. The number of hydrogen-bond acceptors (Lipinski definition) is 25. The highest BCUT2D eigenvalue weighted by molar-refractivity contribution is 5.89. The Morgan fingerprint density at radius 1 is 0.419 bits per heavy atom. The number of aliphatic hydroxyl groups is 2. The van der Waals surface area contributed by atoms with Crippen molar-refractivity contribution in [3.05, 3.63) is 59.1 Å². The van der Waals surface area contributed by atoms with E-state index in [1.165, 1.54) is 7.11 Å². The average molecular weight is 1240 g/mol. The quantitative estimate of drug-likeness (QED) is 0.0512. The Kier molecular flexibility index (Phi) is 50.4. The lowest BCUT2D eigenvalue weighted by Crippen LogP contribution is -2.28. The van der Waals surface area contributed by atoms with Gasteiger partial charge in [-0.05, 0) is 53.2 Å². The van der Waals surface area contributed by atoms with Crippen molar-refractivity contribution in [2.45, 2.75) is 97.3 Å². The lowest BCUT2D eigenvalue weighted by molar-refractivity contribution is -0.174. The number of esters is 1. The maximum Gasteiger partial charge on any atom is 0.333 e. The van der Waals surface area contributed by atoms with Gasteiger partial charge in [-0.1, -0.05) is 30.3 Å². The lowest BCUT2D eigenvalue weighted by atomic mass is 9.99. The van der Waals surface area contributed by atoms with Crippen LogP contribution < -0.4 is 0 Å². The zero-order chi connectivity index (χ0) is 62.3. The van der Waals surface area contributed by atoms with Gasteiger partial charge in [0.1, 0.15) is 19.3 Å². The zero-order valence-corrected chi connectivity index (χ0v) is 52.9. The molecule has 0 spiro atoms. The van der Waals surface area contributed by atoms with Crippen molar-refractivity contribution in [3.8, 4) is 0 Å². The van der Waals surface area contributed by atoms with Gasteiger partial charge >= 0.3 is 5.97 Å². The molecule has 86 heavy (non-hydrogen) atoms. The maximum atomic E-state index is 12.8. The van der Waals surface area contributed by atoms with Gasteiger partial charge in [-0.15, -0.1) is 0 Å². The number of allylic oxidation sites excluding steroid dienone is 1. The van der Waals surface area contributed by atoms with E-state index in [4.69, 9.17) is 104 Å². The summed E-state index contributed by atoms with van der Waals surface area (Å²) in [6, 6.07) is 9.73. The molecule has 25 heteroatoms. The molecule has 1 aromatic rings. The predicted octanol–water partition coefficient (Wildman–Crippen LogP) is 4.63. The van der Waals surface area contributed by atoms with E-state index in [0.717, 1.165) is 5.56 Å². The molecule has 1 aliphatic rings. The minimum atomic E-state index is -0.844. The Hall–Kier alpha value is -3.07. The van der Waals surface area contributed by atoms with Crippen molar-refractivity contribution in [2.24, 2.45) is 0 Å². The monoisotopic (exact) mass is 1240 g/mol. The number of benzene rings is 1.